The van der Waals surface area contributed by atoms with Crippen molar-refractivity contribution in [2.24, 2.45) is 0 Å². The van der Waals surface area contributed by atoms with Gasteiger partial charge in [-0.2, -0.15) is 0 Å². The molecule has 1 aliphatic heterocycles. The molecular weight excluding hydrogens is 308 g/mol. The van der Waals surface area contributed by atoms with Gasteiger partial charge in [-0.05, 0) is 49.4 Å². The molecular formula is C19H24O5. The summed E-state index contributed by atoms with van der Waals surface area (Å²) in [5, 5.41) is 0. The number of fused-ring (bicyclic) bond motifs is 1. The average molecular weight is 332 g/mol. The maximum Gasteiger partial charge on any atom is 0.328 e. The van der Waals surface area contributed by atoms with Crippen molar-refractivity contribution in [2.45, 2.75) is 44.6 Å². The maximum atomic E-state index is 12.8. The zero-order valence-electron chi connectivity index (χ0n) is 14.3. The molecule has 0 fully saturated rings. The van der Waals surface area contributed by atoms with Gasteiger partial charge >= 0.3 is 11.9 Å². The van der Waals surface area contributed by atoms with Crippen LogP contribution in [-0.4, -0.2) is 25.7 Å². The standard InChI is InChI=1S/C19H24O5/c1-4-6-7-8-11-19(17(20)23-5-2)16-12-15(22-3)10-9-14(16)13-24-18(19)21/h4,9-10,12H,1,5-8,11,13H2,2-3H3. The van der Waals surface area contributed by atoms with E-state index in [-0.39, 0.29) is 13.2 Å². The lowest BCUT2D eigenvalue weighted by atomic mass is 9.73. The normalized spacial score (nSPS) is 19.2. The van der Waals surface area contributed by atoms with Crippen LogP contribution in [0.15, 0.2) is 30.9 Å². The zero-order chi connectivity index (χ0) is 17.6. The number of carbonyl (C=O) groups is 2. The fourth-order valence-corrected chi connectivity index (χ4v) is 3.05. The average Bonchev–Trinajstić information content (AvgIpc) is 2.60. The number of carbonyl (C=O) groups excluding carboxylic acids is 2. The van der Waals surface area contributed by atoms with Gasteiger partial charge in [0, 0.05) is 0 Å². The minimum atomic E-state index is -1.42. The molecule has 0 amide bonds. The Morgan fingerprint density at radius 1 is 1.42 bits per heavy atom. The second kappa shape index (κ2) is 7.99. The molecule has 1 atom stereocenters. The number of benzene rings is 1. The highest BCUT2D eigenvalue weighted by Gasteiger charge is 2.53. The number of ether oxygens (including phenoxy) is 3. The van der Waals surface area contributed by atoms with Gasteiger partial charge in [-0.25, -0.2) is 0 Å². The van der Waals surface area contributed by atoms with E-state index in [1.165, 1.54) is 0 Å². The first-order valence-electron chi connectivity index (χ1n) is 8.22. The Kier molecular flexibility index (Phi) is 6.01. The molecule has 0 saturated carbocycles. The number of hydrogen-bond donors (Lipinski definition) is 0. The molecule has 0 saturated heterocycles. The largest absolute Gasteiger partial charge is 0.497 e. The third-order valence-electron chi connectivity index (χ3n) is 4.32. The first-order chi connectivity index (χ1) is 11.6. The fourth-order valence-electron chi connectivity index (χ4n) is 3.05. The highest BCUT2D eigenvalue weighted by Crippen LogP contribution is 2.41. The molecule has 24 heavy (non-hydrogen) atoms. The molecule has 0 spiro atoms. The monoisotopic (exact) mass is 332 g/mol. The number of cyclic esters (lactones) is 1. The smallest absolute Gasteiger partial charge is 0.328 e. The molecule has 130 valence electrons. The van der Waals surface area contributed by atoms with Crippen LogP contribution in [0.1, 0.15) is 43.7 Å². The number of hydrogen-bond acceptors (Lipinski definition) is 5. The van der Waals surface area contributed by atoms with E-state index in [1.807, 2.05) is 12.1 Å². The quantitative estimate of drug-likeness (QED) is 0.316. The van der Waals surface area contributed by atoms with Gasteiger partial charge in [0.25, 0.3) is 0 Å². The second-order valence-electron chi connectivity index (χ2n) is 5.76. The van der Waals surface area contributed by atoms with Gasteiger partial charge in [0.15, 0.2) is 5.41 Å². The van der Waals surface area contributed by atoms with Gasteiger partial charge in [0.2, 0.25) is 0 Å². The summed E-state index contributed by atoms with van der Waals surface area (Å²) in [6.07, 6.45) is 4.54. The highest BCUT2D eigenvalue weighted by atomic mass is 16.6. The van der Waals surface area contributed by atoms with Crippen LogP contribution in [0.4, 0.5) is 0 Å². The molecule has 1 unspecified atom stereocenters. The summed E-state index contributed by atoms with van der Waals surface area (Å²) in [5.41, 5.74) is 0.0292. The second-order valence-corrected chi connectivity index (χ2v) is 5.76. The molecule has 1 heterocycles. The summed E-state index contributed by atoms with van der Waals surface area (Å²) in [6.45, 7) is 5.79. The molecule has 0 aromatic heterocycles. The minimum Gasteiger partial charge on any atom is -0.497 e. The Morgan fingerprint density at radius 2 is 2.21 bits per heavy atom. The lowest BCUT2D eigenvalue weighted by Gasteiger charge is -2.35. The van der Waals surface area contributed by atoms with Crippen molar-refractivity contribution in [1.29, 1.82) is 0 Å². The van der Waals surface area contributed by atoms with Crippen molar-refractivity contribution >= 4 is 11.9 Å². The SMILES string of the molecule is C=CCCCCC1(C(=O)OCC)C(=O)OCc2ccc(OC)cc21. The number of allylic oxidation sites excluding steroid dienone is 1. The summed E-state index contributed by atoms with van der Waals surface area (Å²) in [4.78, 5) is 25.4. The van der Waals surface area contributed by atoms with Gasteiger partial charge < -0.3 is 14.2 Å². The van der Waals surface area contributed by atoms with Gasteiger partial charge in [0.1, 0.15) is 12.4 Å². The van der Waals surface area contributed by atoms with E-state index in [0.717, 1.165) is 18.4 Å². The molecule has 0 bridgehead atoms. The molecule has 2 rings (SSSR count). The summed E-state index contributed by atoms with van der Waals surface area (Å²) < 4.78 is 15.8. The highest BCUT2D eigenvalue weighted by molar-refractivity contribution is 6.07. The van der Waals surface area contributed by atoms with E-state index in [1.54, 1.807) is 26.2 Å². The number of unbranched alkanes of at least 4 members (excludes halogenated alkanes) is 2. The van der Waals surface area contributed by atoms with E-state index in [4.69, 9.17) is 14.2 Å². The zero-order valence-corrected chi connectivity index (χ0v) is 14.3. The Morgan fingerprint density at radius 3 is 2.88 bits per heavy atom. The van der Waals surface area contributed by atoms with Crippen LogP contribution in [0.2, 0.25) is 0 Å². The van der Waals surface area contributed by atoms with E-state index in [2.05, 4.69) is 6.58 Å². The lowest BCUT2D eigenvalue weighted by Crippen LogP contribution is -2.49. The molecule has 0 N–H and O–H groups in total. The van der Waals surface area contributed by atoms with E-state index in [9.17, 15) is 9.59 Å². The molecule has 0 radical (unpaired) electrons. The van der Waals surface area contributed by atoms with E-state index < -0.39 is 17.4 Å². The van der Waals surface area contributed by atoms with Crippen molar-refractivity contribution in [2.75, 3.05) is 13.7 Å². The number of methoxy groups -OCH3 is 1. The first kappa shape index (κ1) is 18.0. The molecule has 5 heteroatoms. The van der Waals surface area contributed by atoms with Crippen LogP contribution in [0.3, 0.4) is 0 Å². The Bertz CT molecular complexity index is 622. The molecule has 5 nitrogen and oxygen atoms in total. The number of rotatable bonds is 8. The summed E-state index contributed by atoms with van der Waals surface area (Å²) in [7, 11) is 1.55. The summed E-state index contributed by atoms with van der Waals surface area (Å²) in [5.74, 6) is -0.494. The predicted molar refractivity (Wildman–Crippen MR) is 89.8 cm³/mol. The van der Waals surface area contributed by atoms with Crippen molar-refractivity contribution in [1.82, 2.24) is 0 Å². The third-order valence-corrected chi connectivity index (χ3v) is 4.32. The van der Waals surface area contributed by atoms with Crippen molar-refractivity contribution in [3.63, 3.8) is 0 Å². The first-order valence-corrected chi connectivity index (χ1v) is 8.22. The minimum absolute atomic E-state index is 0.159. The van der Waals surface area contributed by atoms with Gasteiger partial charge in [0.05, 0.1) is 13.7 Å². The Hall–Kier alpha value is -2.30. The van der Waals surface area contributed by atoms with Crippen molar-refractivity contribution in [3.05, 3.63) is 42.0 Å². The van der Waals surface area contributed by atoms with Crippen molar-refractivity contribution < 1.29 is 23.8 Å². The van der Waals surface area contributed by atoms with Gasteiger partial charge in [-0.3, -0.25) is 9.59 Å². The topological polar surface area (TPSA) is 61.8 Å². The van der Waals surface area contributed by atoms with Crippen LogP contribution in [0.25, 0.3) is 0 Å². The van der Waals surface area contributed by atoms with Gasteiger partial charge in [-0.15, -0.1) is 6.58 Å². The van der Waals surface area contributed by atoms with Crippen LogP contribution in [-0.2, 0) is 31.1 Å². The van der Waals surface area contributed by atoms with E-state index >= 15 is 0 Å². The molecule has 1 aromatic rings. The summed E-state index contributed by atoms with van der Waals surface area (Å²) in [6, 6.07) is 5.38. The van der Waals surface area contributed by atoms with Gasteiger partial charge in [-0.1, -0.05) is 18.6 Å². The number of esters is 2. The third kappa shape index (κ3) is 3.30. The molecule has 1 aliphatic rings. The molecule has 0 aliphatic carbocycles. The van der Waals surface area contributed by atoms with Crippen LogP contribution in [0, 0.1) is 0 Å². The van der Waals surface area contributed by atoms with Crippen LogP contribution < -0.4 is 4.74 Å². The van der Waals surface area contributed by atoms with Crippen LogP contribution in [0.5, 0.6) is 5.75 Å². The van der Waals surface area contributed by atoms with E-state index in [0.29, 0.717) is 24.2 Å². The molecule has 1 aromatic carbocycles. The Labute approximate surface area is 142 Å². The summed E-state index contributed by atoms with van der Waals surface area (Å²) >= 11 is 0. The maximum absolute atomic E-state index is 12.8. The predicted octanol–water partition coefficient (Wildman–Crippen LogP) is 3.30. The Balaban J connectivity index is 2.48. The van der Waals surface area contributed by atoms with Crippen LogP contribution >= 0.6 is 0 Å². The van der Waals surface area contributed by atoms with Crippen molar-refractivity contribution in [3.8, 4) is 5.75 Å². The fraction of sp³-hybridized carbons (Fsp3) is 0.474. The lowest BCUT2D eigenvalue weighted by molar-refractivity contribution is -0.168.